The Morgan fingerprint density at radius 3 is 2.80 bits per heavy atom. The van der Waals surface area contributed by atoms with Gasteiger partial charge >= 0.3 is 5.97 Å². The molecule has 0 spiro atoms. The van der Waals surface area contributed by atoms with Gasteiger partial charge in [-0.1, -0.05) is 34.1 Å². The van der Waals surface area contributed by atoms with Crippen molar-refractivity contribution >= 4 is 28.0 Å². The minimum atomic E-state index is -0.441. The molecule has 0 bridgehead atoms. The second-order valence-corrected chi connectivity index (χ2v) is 5.84. The molecule has 0 aliphatic heterocycles. The molecule has 0 heterocycles. The molecule has 0 aliphatic rings. The molecule has 25 heavy (non-hydrogen) atoms. The molecule has 2 rings (SSSR count). The molecule has 128 valence electrons. The summed E-state index contributed by atoms with van der Waals surface area (Å²) in [6, 6.07) is 14.6. The largest absolute Gasteiger partial charge is 0.493 e. The number of hydrogen-bond donors (Lipinski definition) is 0. The average Bonchev–Trinajstić information content (AvgIpc) is 2.63. The van der Waals surface area contributed by atoms with Crippen LogP contribution in [-0.2, 0) is 16.1 Å². The van der Waals surface area contributed by atoms with Gasteiger partial charge in [-0.2, -0.15) is 5.26 Å². The first-order valence-electron chi connectivity index (χ1n) is 7.39. The maximum Gasteiger partial charge on any atom is 0.331 e. The van der Waals surface area contributed by atoms with Gasteiger partial charge in [-0.3, -0.25) is 0 Å². The van der Waals surface area contributed by atoms with Crippen molar-refractivity contribution in [3.8, 4) is 17.6 Å². The van der Waals surface area contributed by atoms with Crippen molar-refractivity contribution in [1.29, 1.82) is 5.26 Å². The van der Waals surface area contributed by atoms with Crippen molar-refractivity contribution in [3.05, 3.63) is 64.1 Å². The summed E-state index contributed by atoms with van der Waals surface area (Å²) >= 11 is 3.37. The number of carbonyl (C=O) groups is 1. The second kappa shape index (κ2) is 9.50. The molecule has 0 unspecified atom stereocenters. The lowest BCUT2D eigenvalue weighted by molar-refractivity contribution is -0.138. The molecule has 0 aliphatic carbocycles. The monoisotopic (exact) mass is 401 g/mol. The van der Waals surface area contributed by atoms with Gasteiger partial charge in [0.05, 0.1) is 7.11 Å². The molecule has 2 aromatic carbocycles. The van der Waals surface area contributed by atoms with E-state index >= 15 is 0 Å². The first-order chi connectivity index (χ1) is 12.1. The van der Waals surface area contributed by atoms with E-state index in [1.165, 1.54) is 13.2 Å². The minimum absolute atomic E-state index is 0.0620. The molecule has 0 atom stereocenters. The summed E-state index contributed by atoms with van der Waals surface area (Å²) in [4.78, 5) is 11.8. The molecular weight excluding hydrogens is 386 g/mol. The van der Waals surface area contributed by atoms with E-state index in [1.807, 2.05) is 30.3 Å². The molecule has 0 amide bonds. The first-order valence-corrected chi connectivity index (χ1v) is 8.18. The standard InChI is InChI=1S/C19H16BrNO4/c1-23-18-12-14(5-7-17(18)24-10-9-21)6-8-19(22)25-13-15-3-2-4-16(20)11-15/h2-8,11-12H,10,13H2,1H3/b8-6+. The van der Waals surface area contributed by atoms with Gasteiger partial charge in [0.2, 0.25) is 0 Å². The number of nitriles is 1. The summed E-state index contributed by atoms with van der Waals surface area (Å²) in [6.07, 6.45) is 2.97. The number of hydrogen-bond acceptors (Lipinski definition) is 5. The van der Waals surface area contributed by atoms with Crippen LogP contribution in [0.3, 0.4) is 0 Å². The topological polar surface area (TPSA) is 68.6 Å². The van der Waals surface area contributed by atoms with Crippen LogP contribution in [0.2, 0.25) is 0 Å². The Kier molecular flexibility index (Phi) is 7.05. The summed E-state index contributed by atoms with van der Waals surface area (Å²) in [5.74, 6) is 0.516. The maximum absolute atomic E-state index is 11.8. The van der Waals surface area contributed by atoms with E-state index in [1.54, 1.807) is 24.3 Å². The Balaban J connectivity index is 1.96. The summed E-state index contributed by atoms with van der Waals surface area (Å²) < 4.78 is 16.6. The number of nitrogens with zero attached hydrogens (tertiary/aromatic N) is 1. The number of benzene rings is 2. The third-order valence-corrected chi connectivity index (χ3v) is 3.66. The highest BCUT2D eigenvalue weighted by molar-refractivity contribution is 9.10. The number of halogens is 1. The molecule has 0 N–H and O–H groups in total. The molecule has 0 aromatic heterocycles. The Hall–Kier alpha value is -2.78. The summed E-state index contributed by atoms with van der Waals surface area (Å²) in [5.41, 5.74) is 1.65. The Bertz CT molecular complexity index is 811. The molecule has 0 saturated heterocycles. The fraction of sp³-hybridized carbons (Fsp3) is 0.158. The smallest absolute Gasteiger partial charge is 0.331 e. The van der Waals surface area contributed by atoms with E-state index in [2.05, 4.69) is 15.9 Å². The van der Waals surface area contributed by atoms with Crippen LogP contribution in [0.5, 0.6) is 11.5 Å². The van der Waals surface area contributed by atoms with Crippen molar-refractivity contribution in [2.45, 2.75) is 6.61 Å². The molecule has 0 saturated carbocycles. The van der Waals surface area contributed by atoms with E-state index in [0.717, 1.165) is 15.6 Å². The van der Waals surface area contributed by atoms with Gasteiger partial charge in [0.15, 0.2) is 18.1 Å². The van der Waals surface area contributed by atoms with E-state index < -0.39 is 5.97 Å². The van der Waals surface area contributed by atoms with E-state index in [0.29, 0.717) is 11.5 Å². The van der Waals surface area contributed by atoms with Crippen LogP contribution < -0.4 is 9.47 Å². The molecule has 5 nitrogen and oxygen atoms in total. The van der Waals surface area contributed by atoms with Crippen molar-refractivity contribution < 1.29 is 19.0 Å². The van der Waals surface area contributed by atoms with Gasteiger partial charge in [0.25, 0.3) is 0 Å². The van der Waals surface area contributed by atoms with E-state index in [4.69, 9.17) is 19.5 Å². The Morgan fingerprint density at radius 2 is 2.08 bits per heavy atom. The predicted molar refractivity (Wildman–Crippen MR) is 97.1 cm³/mol. The molecule has 0 fully saturated rings. The molecule has 6 heteroatoms. The highest BCUT2D eigenvalue weighted by atomic mass is 79.9. The zero-order valence-corrected chi connectivity index (χ0v) is 15.2. The van der Waals surface area contributed by atoms with Crippen LogP contribution in [0.25, 0.3) is 6.08 Å². The van der Waals surface area contributed by atoms with Crippen molar-refractivity contribution in [2.75, 3.05) is 13.7 Å². The fourth-order valence-corrected chi connectivity index (χ4v) is 2.46. The fourth-order valence-electron chi connectivity index (χ4n) is 2.01. The van der Waals surface area contributed by atoms with Gasteiger partial charge in [0.1, 0.15) is 12.7 Å². The van der Waals surface area contributed by atoms with Crippen LogP contribution >= 0.6 is 15.9 Å². The summed E-state index contributed by atoms with van der Waals surface area (Å²) in [7, 11) is 1.51. The number of ether oxygens (including phenoxy) is 3. The van der Waals surface area contributed by atoms with E-state index in [9.17, 15) is 4.79 Å². The van der Waals surface area contributed by atoms with Crippen LogP contribution in [0.1, 0.15) is 11.1 Å². The summed E-state index contributed by atoms with van der Waals surface area (Å²) in [6.45, 7) is 0.139. The SMILES string of the molecule is COc1cc(/C=C/C(=O)OCc2cccc(Br)c2)ccc1OCC#N. The lowest BCUT2D eigenvalue weighted by atomic mass is 10.2. The zero-order chi connectivity index (χ0) is 18.1. The quantitative estimate of drug-likeness (QED) is 0.515. The van der Waals surface area contributed by atoms with Crippen LogP contribution in [0, 0.1) is 11.3 Å². The van der Waals surface area contributed by atoms with Crippen LogP contribution in [0.4, 0.5) is 0 Å². The predicted octanol–water partition coefficient (Wildman–Crippen LogP) is 4.12. The zero-order valence-electron chi connectivity index (χ0n) is 13.6. The highest BCUT2D eigenvalue weighted by Gasteiger charge is 2.05. The normalized spacial score (nSPS) is 10.3. The van der Waals surface area contributed by atoms with Gasteiger partial charge in [0, 0.05) is 10.5 Å². The number of rotatable bonds is 7. The second-order valence-electron chi connectivity index (χ2n) is 4.93. The van der Waals surface area contributed by atoms with Gasteiger partial charge in [-0.05, 0) is 41.5 Å². The molecule has 0 radical (unpaired) electrons. The van der Waals surface area contributed by atoms with Crippen molar-refractivity contribution in [3.63, 3.8) is 0 Å². The number of carbonyl (C=O) groups excluding carboxylic acids is 1. The lowest BCUT2D eigenvalue weighted by Crippen LogP contribution is -2.00. The number of methoxy groups -OCH3 is 1. The van der Waals surface area contributed by atoms with Gasteiger partial charge < -0.3 is 14.2 Å². The minimum Gasteiger partial charge on any atom is -0.493 e. The van der Waals surface area contributed by atoms with Gasteiger partial charge in [-0.15, -0.1) is 0 Å². The van der Waals surface area contributed by atoms with Crippen molar-refractivity contribution in [2.24, 2.45) is 0 Å². The third kappa shape index (κ3) is 5.98. The molecule has 2 aromatic rings. The average molecular weight is 402 g/mol. The Labute approximate surface area is 154 Å². The van der Waals surface area contributed by atoms with Crippen LogP contribution in [-0.4, -0.2) is 19.7 Å². The third-order valence-electron chi connectivity index (χ3n) is 3.16. The van der Waals surface area contributed by atoms with Crippen molar-refractivity contribution in [1.82, 2.24) is 0 Å². The van der Waals surface area contributed by atoms with E-state index in [-0.39, 0.29) is 13.2 Å². The maximum atomic E-state index is 11.8. The summed E-state index contributed by atoms with van der Waals surface area (Å²) in [5, 5.41) is 8.56. The number of esters is 1. The highest BCUT2D eigenvalue weighted by Crippen LogP contribution is 2.28. The Morgan fingerprint density at radius 1 is 1.24 bits per heavy atom. The van der Waals surface area contributed by atoms with Crippen LogP contribution in [0.15, 0.2) is 53.0 Å². The van der Waals surface area contributed by atoms with Gasteiger partial charge in [-0.25, -0.2) is 4.79 Å². The molecular formula is C19H16BrNO4. The first kappa shape index (κ1) is 18.6. The lowest BCUT2D eigenvalue weighted by Gasteiger charge is -2.08.